The monoisotopic (exact) mass is 330 g/mol. The van der Waals surface area contributed by atoms with E-state index in [-0.39, 0.29) is 12.6 Å². The van der Waals surface area contributed by atoms with E-state index in [2.05, 4.69) is 30.2 Å². The largest absolute Gasteiger partial charge is 0.485 e. The highest BCUT2D eigenvalue weighted by molar-refractivity contribution is 5.28. The predicted molar refractivity (Wildman–Crippen MR) is 79.4 cm³/mol. The summed E-state index contributed by atoms with van der Waals surface area (Å²) in [6, 6.07) is 7.26. The van der Waals surface area contributed by atoms with Crippen molar-refractivity contribution in [2.24, 2.45) is 10.2 Å². The second-order valence-electron chi connectivity index (χ2n) is 4.84. The van der Waals surface area contributed by atoms with Crippen LogP contribution in [0.3, 0.4) is 0 Å². The van der Waals surface area contributed by atoms with Crippen LogP contribution in [0.25, 0.3) is 0 Å². The Kier molecular flexibility index (Phi) is 4.32. The van der Waals surface area contributed by atoms with Crippen molar-refractivity contribution in [3.8, 4) is 5.75 Å². The summed E-state index contributed by atoms with van der Waals surface area (Å²) in [5.41, 5.74) is 1.68. The summed E-state index contributed by atoms with van der Waals surface area (Å²) in [6.07, 6.45) is 1.33. The summed E-state index contributed by atoms with van der Waals surface area (Å²) >= 11 is 0. The topological polar surface area (TPSA) is 144 Å². The van der Waals surface area contributed by atoms with Gasteiger partial charge in [0.1, 0.15) is 12.1 Å². The van der Waals surface area contributed by atoms with Gasteiger partial charge >= 0.3 is 0 Å². The van der Waals surface area contributed by atoms with Gasteiger partial charge in [-0.25, -0.2) is 4.68 Å². The van der Waals surface area contributed by atoms with Gasteiger partial charge in [-0.05, 0) is 22.6 Å². The highest BCUT2D eigenvalue weighted by atomic mass is 16.8. The average molecular weight is 330 g/mol. The van der Waals surface area contributed by atoms with Crippen molar-refractivity contribution in [2.75, 3.05) is 5.84 Å². The maximum atomic E-state index is 11.4. The van der Waals surface area contributed by atoms with Crippen LogP contribution >= 0.6 is 0 Å². The molecule has 2 heterocycles. The van der Waals surface area contributed by atoms with Crippen molar-refractivity contribution in [2.45, 2.75) is 20.1 Å². The van der Waals surface area contributed by atoms with Crippen molar-refractivity contribution < 1.29 is 14.3 Å². The summed E-state index contributed by atoms with van der Waals surface area (Å²) in [4.78, 5) is 0.330. The number of rotatable bonds is 6. The first kappa shape index (κ1) is 15.4. The fourth-order valence-electron chi connectivity index (χ4n) is 1.86. The van der Waals surface area contributed by atoms with Crippen LogP contribution in [0.2, 0.25) is 0 Å². The van der Waals surface area contributed by atoms with Crippen LogP contribution in [-0.4, -0.2) is 20.0 Å². The maximum Gasteiger partial charge on any atom is 0.287 e. The number of hydrogen-bond acceptors (Lipinski definition) is 9. The molecule has 11 nitrogen and oxygen atoms in total. The molecule has 0 aliphatic heterocycles. The Morgan fingerprint density at radius 2 is 2.33 bits per heavy atom. The van der Waals surface area contributed by atoms with Crippen LogP contribution in [0.5, 0.6) is 5.75 Å². The summed E-state index contributed by atoms with van der Waals surface area (Å²) in [5.74, 6) is 6.33. The zero-order valence-electron chi connectivity index (χ0n) is 12.7. The average Bonchev–Trinajstić information content (AvgIpc) is 3.12. The van der Waals surface area contributed by atoms with Crippen LogP contribution < -0.4 is 15.5 Å². The molecule has 0 bridgehead atoms. The maximum absolute atomic E-state index is 11.4. The summed E-state index contributed by atoms with van der Waals surface area (Å²) in [6.45, 7) is 2.04. The van der Waals surface area contributed by atoms with Crippen LogP contribution in [0.15, 0.2) is 45.5 Å². The Balaban J connectivity index is 1.62. The van der Waals surface area contributed by atoms with Crippen molar-refractivity contribution in [1.29, 1.82) is 0 Å². The quantitative estimate of drug-likeness (QED) is 0.399. The van der Waals surface area contributed by atoms with Crippen molar-refractivity contribution in [3.63, 3.8) is 0 Å². The normalized spacial score (nSPS) is 11.2. The number of nitrogens with two attached hydrogens (primary N) is 1. The molecule has 0 spiro atoms. The van der Waals surface area contributed by atoms with E-state index in [0.717, 1.165) is 5.56 Å². The molecule has 0 aliphatic carbocycles. The van der Waals surface area contributed by atoms with Crippen molar-refractivity contribution >= 4 is 5.95 Å². The number of aryl methyl sites for hydroxylation is 1. The minimum atomic E-state index is 0.0556. The molecule has 24 heavy (non-hydrogen) atoms. The Bertz CT molecular complexity index is 837. The second-order valence-corrected chi connectivity index (χ2v) is 4.84. The van der Waals surface area contributed by atoms with Gasteiger partial charge in [-0.3, -0.25) is 4.63 Å². The summed E-state index contributed by atoms with van der Waals surface area (Å²) < 4.78 is 11.2. The molecule has 2 aromatic heterocycles. The number of ether oxygens (including phenoxy) is 1. The number of aromatic nitrogens is 5. The number of nitrogens with zero attached hydrogens (tertiary/aromatic N) is 7. The molecule has 0 saturated heterocycles. The Labute approximate surface area is 135 Å². The molecular formula is C13H14N8O3. The lowest BCUT2D eigenvalue weighted by molar-refractivity contribution is -0.808. The molecule has 0 fully saturated rings. The minimum Gasteiger partial charge on any atom is -0.485 e. The highest BCUT2D eigenvalue weighted by Crippen LogP contribution is 2.16. The van der Waals surface area contributed by atoms with Gasteiger partial charge in [-0.2, -0.15) is 5.11 Å². The van der Waals surface area contributed by atoms with Crippen LogP contribution in [0, 0.1) is 12.1 Å². The highest BCUT2D eigenvalue weighted by Gasteiger charge is 2.15. The Morgan fingerprint density at radius 1 is 1.46 bits per heavy atom. The van der Waals surface area contributed by atoms with E-state index in [9.17, 15) is 5.21 Å². The van der Waals surface area contributed by atoms with Crippen molar-refractivity contribution in [1.82, 2.24) is 20.0 Å². The molecule has 2 N–H and O–H groups in total. The molecule has 0 amide bonds. The van der Waals surface area contributed by atoms with E-state index in [1.165, 1.54) is 11.0 Å². The standard InChI is InChI=1S/C13H14N8O3/c1-9-12(21(22)24-19-9)7-23-11-4-2-3-10(5-11)6-15-17-13-18-16-8-20(13)14/h2-5,8H,6-7,14H2,1H3. The number of hydrogen-bond donors (Lipinski definition) is 1. The third-order valence-electron chi connectivity index (χ3n) is 3.13. The van der Waals surface area contributed by atoms with Crippen LogP contribution in [0.4, 0.5) is 5.95 Å². The van der Waals surface area contributed by atoms with Gasteiger partial charge in [0.2, 0.25) is 11.4 Å². The Morgan fingerprint density at radius 3 is 3.04 bits per heavy atom. The van der Waals surface area contributed by atoms with Gasteiger partial charge in [0.25, 0.3) is 5.95 Å². The third kappa shape index (κ3) is 3.45. The van der Waals surface area contributed by atoms with E-state index in [4.69, 9.17) is 10.6 Å². The lowest BCUT2D eigenvalue weighted by Crippen LogP contribution is -2.29. The minimum absolute atomic E-state index is 0.0556. The molecule has 0 saturated carbocycles. The molecular weight excluding hydrogens is 316 g/mol. The zero-order chi connectivity index (χ0) is 16.9. The van der Waals surface area contributed by atoms with Gasteiger partial charge < -0.3 is 15.8 Å². The molecule has 0 atom stereocenters. The molecule has 0 aliphatic rings. The van der Waals surface area contributed by atoms with Gasteiger partial charge in [0, 0.05) is 12.1 Å². The van der Waals surface area contributed by atoms with E-state index in [0.29, 0.717) is 28.6 Å². The van der Waals surface area contributed by atoms with Gasteiger partial charge in [-0.1, -0.05) is 12.1 Å². The molecule has 1 aromatic carbocycles. The van der Waals surface area contributed by atoms with E-state index in [1.807, 2.05) is 12.1 Å². The molecule has 3 aromatic rings. The Hall–Kier alpha value is -3.50. The van der Waals surface area contributed by atoms with E-state index < -0.39 is 0 Å². The SMILES string of the molecule is Cc1no[n+]([O-])c1COc1cccc(CN=Nc2nncn2N)c1. The van der Waals surface area contributed by atoms with Gasteiger partial charge in [0.05, 0.1) is 6.54 Å². The molecule has 3 rings (SSSR count). The smallest absolute Gasteiger partial charge is 0.287 e. The van der Waals surface area contributed by atoms with Crippen LogP contribution in [-0.2, 0) is 13.2 Å². The predicted octanol–water partition coefficient (Wildman–Crippen LogP) is 0.785. The lowest BCUT2D eigenvalue weighted by atomic mass is 10.2. The first-order valence-corrected chi connectivity index (χ1v) is 6.93. The number of benzene rings is 1. The second kappa shape index (κ2) is 6.73. The fraction of sp³-hybridized carbons (Fsp3) is 0.231. The fourth-order valence-corrected chi connectivity index (χ4v) is 1.86. The van der Waals surface area contributed by atoms with E-state index in [1.54, 1.807) is 19.1 Å². The molecule has 0 radical (unpaired) electrons. The van der Waals surface area contributed by atoms with Crippen LogP contribution in [0.1, 0.15) is 17.0 Å². The van der Waals surface area contributed by atoms with Gasteiger partial charge in [-0.15, -0.1) is 15.3 Å². The first-order valence-electron chi connectivity index (χ1n) is 6.93. The summed E-state index contributed by atoms with van der Waals surface area (Å²) in [7, 11) is 0. The molecule has 0 unspecified atom stereocenters. The molecule has 124 valence electrons. The first-order chi connectivity index (χ1) is 11.6. The zero-order valence-corrected chi connectivity index (χ0v) is 12.7. The lowest BCUT2D eigenvalue weighted by Gasteiger charge is -2.05. The van der Waals surface area contributed by atoms with Gasteiger partial charge in [0.15, 0.2) is 6.61 Å². The van der Waals surface area contributed by atoms with E-state index >= 15 is 0 Å². The van der Waals surface area contributed by atoms with Crippen molar-refractivity contribution in [3.05, 3.63) is 52.8 Å². The number of azo groups is 1. The molecule has 11 heteroatoms. The summed E-state index contributed by atoms with van der Waals surface area (Å²) in [5, 5.41) is 30.1. The third-order valence-corrected chi connectivity index (χ3v) is 3.13. The number of nitrogen functional groups attached to an aromatic ring is 1.